The number of nitrogens with one attached hydrogen (secondary N) is 2. The summed E-state index contributed by atoms with van der Waals surface area (Å²) in [7, 11) is 4.12. The molecule has 0 saturated heterocycles. The van der Waals surface area contributed by atoms with E-state index in [0.29, 0.717) is 17.4 Å². The van der Waals surface area contributed by atoms with E-state index in [2.05, 4.69) is 47.1 Å². The predicted octanol–water partition coefficient (Wildman–Crippen LogP) is 0.896. The van der Waals surface area contributed by atoms with Crippen LogP contribution in [0, 0.1) is 5.82 Å². The molecule has 1 amide bonds. The molecule has 2 N–H and O–H groups in total. The van der Waals surface area contributed by atoms with Crippen LogP contribution in [0.15, 0.2) is 59.8 Å². The second-order valence-electron chi connectivity index (χ2n) is 6.49. The van der Waals surface area contributed by atoms with Gasteiger partial charge in [-0.15, -0.1) is 5.10 Å². The predicted molar refractivity (Wildman–Crippen MR) is 105 cm³/mol. The molecule has 9 heteroatoms. The third-order valence-corrected chi connectivity index (χ3v) is 5.15. The lowest BCUT2D eigenvalue weighted by Gasteiger charge is -2.22. The Kier molecular flexibility index (Phi) is 6.72. The Morgan fingerprint density at radius 2 is 2.00 bits per heavy atom. The van der Waals surface area contributed by atoms with Crippen molar-refractivity contribution in [3.8, 4) is 5.69 Å². The quantitative estimate of drug-likeness (QED) is 0.549. The highest BCUT2D eigenvalue weighted by atomic mass is 32.2. The Labute approximate surface area is 166 Å². The Morgan fingerprint density at radius 1 is 1.21 bits per heavy atom. The molecule has 2 aromatic carbocycles. The number of carbonyl (C=O) groups excluding carboxylic acids is 1. The molecule has 0 saturated carbocycles. The molecule has 0 aliphatic heterocycles. The van der Waals surface area contributed by atoms with Gasteiger partial charge < -0.3 is 10.2 Å². The average Bonchev–Trinajstić information content (AvgIpc) is 3.16. The first-order chi connectivity index (χ1) is 13.5. The van der Waals surface area contributed by atoms with Gasteiger partial charge in [-0.3, -0.25) is 4.79 Å². The van der Waals surface area contributed by atoms with Crippen LogP contribution in [-0.4, -0.2) is 52.5 Å². The van der Waals surface area contributed by atoms with Crippen molar-refractivity contribution < 1.29 is 14.1 Å². The van der Waals surface area contributed by atoms with Gasteiger partial charge in [-0.25, -0.2) is 4.39 Å². The zero-order valence-electron chi connectivity index (χ0n) is 15.7. The van der Waals surface area contributed by atoms with Crippen molar-refractivity contribution in [1.82, 2.24) is 25.5 Å². The maximum Gasteiger partial charge on any atom is 0.230 e. The zero-order valence-corrected chi connectivity index (χ0v) is 16.5. The van der Waals surface area contributed by atoms with E-state index in [1.165, 1.54) is 39.0 Å². The number of hydrogen-bond acceptors (Lipinski definition) is 5. The monoisotopic (exact) mass is 401 g/mol. The van der Waals surface area contributed by atoms with E-state index >= 15 is 0 Å². The minimum atomic E-state index is -0.375. The molecule has 0 fully saturated rings. The van der Waals surface area contributed by atoms with Crippen LogP contribution in [0.1, 0.15) is 11.6 Å². The number of nitrogens with zero attached hydrogens (tertiary/aromatic N) is 4. The third kappa shape index (κ3) is 5.14. The molecule has 7 nitrogen and oxygen atoms in total. The van der Waals surface area contributed by atoms with Gasteiger partial charge in [0.1, 0.15) is 11.9 Å². The molecule has 1 atom stereocenters. The van der Waals surface area contributed by atoms with Gasteiger partial charge in [0.25, 0.3) is 0 Å². The number of carbonyl (C=O) groups is 1. The van der Waals surface area contributed by atoms with Crippen molar-refractivity contribution in [3.05, 3.63) is 66.0 Å². The Hall–Kier alpha value is -2.78. The molecule has 28 heavy (non-hydrogen) atoms. The normalized spacial score (nSPS) is 12.1. The summed E-state index contributed by atoms with van der Waals surface area (Å²) < 4.78 is 14.8. The lowest BCUT2D eigenvalue weighted by Crippen LogP contribution is -3.07. The maximum absolute atomic E-state index is 13.4. The second kappa shape index (κ2) is 9.43. The fourth-order valence-corrected chi connectivity index (χ4v) is 3.50. The second-order valence-corrected chi connectivity index (χ2v) is 7.43. The molecule has 0 unspecified atom stereocenters. The molecule has 3 aromatic rings. The lowest BCUT2D eigenvalue weighted by atomic mass is 10.1. The molecule has 1 aromatic heterocycles. The Morgan fingerprint density at radius 3 is 2.71 bits per heavy atom. The Balaban J connectivity index is 1.57. The number of amides is 1. The molecule has 0 spiro atoms. The topological polar surface area (TPSA) is 77.1 Å². The first-order valence-corrected chi connectivity index (χ1v) is 9.82. The molecule has 0 bridgehead atoms. The van der Waals surface area contributed by atoms with Crippen molar-refractivity contribution in [1.29, 1.82) is 0 Å². The van der Waals surface area contributed by atoms with Crippen molar-refractivity contribution in [2.24, 2.45) is 0 Å². The summed E-state index contributed by atoms with van der Waals surface area (Å²) in [6.45, 7) is 0.528. The fourth-order valence-electron chi connectivity index (χ4n) is 2.78. The Bertz CT molecular complexity index is 918. The summed E-state index contributed by atoms with van der Waals surface area (Å²) in [5.41, 5.74) is 1.68. The highest BCUT2D eigenvalue weighted by molar-refractivity contribution is 7.99. The van der Waals surface area contributed by atoms with Crippen LogP contribution < -0.4 is 10.2 Å². The summed E-state index contributed by atoms with van der Waals surface area (Å²) in [6, 6.07) is 16.2. The number of rotatable bonds is 8. The largest absolute Gasteiger partial charge is 0.349 e. The van der Waals surface area contributed by atoms with Crippen LogP contribution in [0.5, 0.6) is 0 Å². The van der Waals surface area contributed by atoms with Gasteiger partial charge in [0.05, 0.1) is 32.1 Å². The molecular weight excluding hydrogens is 379 g/mol. The van der Waals surface area contributed by atoms with E-state index in [1.807, 2.05) is 18.2 Å². The molecule has 1 heterocycles. The van der Waals surface area contributed by atoms with Gasteiger partial charge >= 0.3 is 0 Å². The van der Waals surface area contributed by atoms with Gasteiger partial charge in [-0.05, 0) is 28.6 Å². The minimum absolute atomic E-state index is 0.110. The smallest absolute Gasteiger partial charge is 0.230 e. The van der Waals surface area contributed by atoms with Gasteiger partial charge in [0.2, 0.25) is 11.1 Å². The van der Waals surface area contributed by atoms with Crippen molar-refractivity contribution >= 4 is 17.7 Å². The van der Waals surface area contributed by atoms with Crippen LogP contribution >= 0.6 is 11.8 Å². The number of quaternary nitrogens is 1. The summed E-state index contributed by atoms with van der Waals surface area (Å²) in [5.74, 6) is -0.319. The summed E-state index contributed by atoms with van der Waals surface area (Å²) in [4.78, 5) is 13.6. The summed E-state index contributed by atoms with van der Waals surface area (Å²) in [6.07, 6.45) is 0. The molecular formula is C19H22FN6OS+. The fraction of sp³-hybridized carbons (Fsp3) is 0.263. The van der Waals surface area contributed by atoms with Gasteiger partial charge in [-0.1, -0.05) is 48.2 Å². The average molecular weight is 401 g/mol. The van der Waals surface area contributed by atoms with Gasteiger partial charge in [-0.2, -0.15) is 4.68 Å². The van der Waals surface area contributed by atoms with E-state index in [-0.39, 0.29) is 23.5 Å². The van der Waals surface area contributed by atoms with Crippen LogP contribution in [0.3, 0.4) is 0 Å². The summed E-state index contributed by atoms with van der Waals surface area (Å²) >= 11 is 1.20. The highest BCUT2D eigenvalue weighted by Gasteiger charge is 2.19. The maximum atomic E-state index is 13.4. The number of likely N-dealkylation sites (N-methyl/N-ethyl adjacent to an activating group) is 1. The van der Waals surface area contributed by atoms with Gasteiger partial charge in [0.15, 0.2) is 0 Å². The van der Waals surface area contributed by atoms with E-state index in [0.717, 1.165) is 0 Å². The van der Waals surface area contributed by atoms with Crippen LogP contribution in [0.4, 0.5) is 4.39 Å². The molecule has 3 rings (SSSR count). The summed E-state index contributed by atoms with van der Waals surface area (Å²) in [5, 5.41) is 14.8. The van der Waals surface area contributed by atoms with E-state index in [1.54, 1.807) is 12.1 Å². The van der Waals surface area contributed by atoms with E-state index < -0.39 is 0 Å². The number of halogens is 1. The lowest BCUT2D eigenvalue weighted by molar-refractivity contribution is -0.890. The first-order valence-electron chi connectivity index (χ1n) is 8.83. The van der Waals surface area contributed by atoms with E-state index in [9.17, 15) is 9.18 Å². The molecule has 0 aliphatic carbocycles. The van der Waals surface area contributed by atoms with Crippen LogP contribution in [0.2, 0.25) is 0 Å². The van der Waals surface area contributed by atoms with Crippen molar-refractivity contribution in [2.45, 2.75) is 11.2 Å². The van der Waals surface area contributed by atoms with Crippen molar-refractivity contribution in [3.63, 3.8) is 0 Å². The van der Waals surface area contributed by atoms with E-state index in [4.69, 9.17) is 0 Å². The van der Waals surface area contributed by atoms with Crippen molar-refractivity contribution in [2.75, 3.05) is 26.4 Å². The number of aromatic nitrogens is 4. The molecule has 0 aliphatic rings. The highest BCUT2D eigenvalue weighted by Crippen LogP contribution is 2.18. The standard InChI is InChI=1S/C19H21FN6OS/c1-25(2)17(14-7-4-3-5-8-14)12-21-18(27)13-28-19-22-23-24-26(19)16-10-6-9-15(20)11-16/h3-11,17H,12-13H2,1-2H3,(H,21,27)/p+1/t17-/m0/s1. The minimum Gasteiger partial charge on any atom is -0.349 e. The number of benzene rings is 2. The number of thioether (sulfide) groups is 1. The van der Waals surface area contributed by atoms with Crippen LogP contribution in [-0.2, 0) is 4.79 Å². The molecule has 0 radical (unpaired) electrons. The SMILES string of the molecule is C[NH+](C)[C@@H](CNC(=O)CSc1nnnn1-c1cccc(F)c1)c1ccccc1. The van der Waals surface area contributed by atoms with Gasteiger partial charge in [0, 0.05) is 5.56 Å². The third-order valence-electron chi connectivity index (χ3n) is 4.23. The van der Waals surface area contributed by atoms with Crippen LogP contribution in [0.25, 0.3) is 5.69 Å². The number of tetrazole rings is 1. The first kappa shape index (κ1) is 20.0. The number of hydrogen-bond donors (Lipinski definition) is 2. The molecule has 146 valence electrons. The zero-order chi connectivity index (χ0) is 19.9.